The number of ether oxygens (including phenoxy) is 1. The van der Waals surface area contributed by atoms with Crippen LogP contribution in [0, 0.1) is 20.8 Å². The molecule has 0 fully saturated rings. The molecule has 0 unspecified atom stereocenters. The number of carbonyl (C=O) groups excluding carboxylic acids is 1. The Morgan fingerprint density at radius 2 is 1.88 bits per heavy atom. The topological polar surface area (TPSA) is 38.3 Å². The van der Waals surface area contributed by atoms with E-state index in [9.17, 15) is 4.79 Å². The minimum atomic E-state index is -0.527. The van der Waals surface area contributed by atoms with E-state index in [0.717, 1.165) is 32.5 Å². The molecule has 2 rings (SSSR count). The summed E-state index contributed by atoms with van der Waals surface area (Å²) in [7, 11) is 0. The number of thioether (sulfide) groups is 1. The number of hydrogen-bond acceptors (Lipinski definition) is 3. The van der Waals surface area contributed by atoms with Crippen LogP contribution in [0.15, 0.2) is 41.3 Å². The Labute approximate surface area is 159 Å². The molecule has 1 atom stereocenters. The molecule has 0 aliphatic rings. The van der Waals surface area contributed by atoms with Crippen molar-refractivity contribution >= 4 is 29.3 Å². The van der Waals surface area contributed by atoms with Gasteiger partial charge in [0.25, 0.3) is 5.91 Å². The average molecular weight is 378 g/mol. The van der Waals surface area contributed by atoms with E-state index in [1.165, 1.54) is 5.56 Å². The van der Waals surface area contributed by atoms with Gasteiger partial charge in [0.15, 0.2) is 6.10 Å². The fourth-order valence-corrected chi connectivity index (χ4v) is 3.28. The highest BCUT2D eigenvalue weighted by atomic mass is 35.5. The van der Waals surface area contributed by atoms with Crippen molar-refractivity contribution in [2.75, 3.05) is 12.3 Å². The second kappa shape index (κ2) is 9.16. The number of carbonyl (C=O) groups is 1. The molecule has 0 bridgehead atoms. The summed E-state index contributed by atoms with van der Waals surface area (Å²) in [5.74, 6) is 1.47. The largest absolute Gasteiger partial charge is 0.481 e. The number of halogens is 1. The van der Waals surface area contributed by atoms with E-state index in [1.807, 2.05) is 51.1 Å². The van der Waals surface area contributed by atoms with Crippen molar-refractivity contribution in [3.8, 4) is 5.75 Å². The zero-order valence-corrected chi connectivity index (χ0v) is 16.6. The number of hydrogen-bond donors (Lipinski definition) is 1. The maximum Gasteiger partial charge on any atom is 0.260 e. The number of rotatable bonds is 7. The Bertz CT molecular complexity index is 731. The number of benzene rings is 2. The van der Waals surface area contributed by atoms with Gasteiger partial charge >= 0.3 is 0 Å². The van der Waals surface area contributed by atoms with Crippen molar-refractivity contribution in [3.05, 3.63) is 58.1 Å². The van der Waals surface area contributed by atoms with Crippen LogP contribution in [-0.2, 0) is 4.79 Å². The Hall–Kier alpha value is -1.65. The van der Waals surface area contributed by atoms with E-state index in [1.54, 1.807) is 18.7 Å². The highest BCUT2D eigenvalue weighted by molar-refractivity contribution is 7.99. The fourth-order valence-electron chi connectivity index (χ4n) is 2.38. The van der Waals surface area contributed by atoms with Crippen LogP contribution in [0.25, 0.3) is 0 Å². The van der Waals surface area contributed by atoms with E-state index in [0.29, 0.717) is 6.54 Å². The Balaban J connectivity index is 1.79. The summed E-state index contributed by atoms with van der Waals surface area (Å²) < 4.78 is 5.86. The number of aryl methyl sites for hydroxylation is 2. The zero-order valence-electron chi connectivity index (χ0n) is 15.1. The quantitative estimate of drug-likeness (QED) is 0.548. The number of nitrogens with one attached hydrogen (secondary N) is 1. The lowest BCUT2D eigenvalue weighted by molar-refractivity contribution is -0.127. The lowest BCUT2D eigenvalue weighted by atomic mass is 10.1. The first-order valence-corrected chi connectivity index (χ1v) is 9.63. The van der Waals surface area contributed by atoms with Gasteiger partial charge in [0.1, 0.15) is 5.75 Å². The molecule has 0 saturated carbocycles. The molecular weight excluding hydrogens is 354 g/mol. The van der Waals surface area contributed by atoms with Crippen LogP contribution in [0.5, 0.6) is 5.75 Å². The summed E-state index contributed by atoms with van der Waals surface area (Å²) in [5.41, 5.74) is 3.37. The van der Waals surface area contributed by atoms with E-state index < -0.39 is 6.10 Å². The van der Waals surface area contributed by atoms with Gasteiger partial charge in [-0.25, -0.2) is 0 Å². The van der Waals surface area contributed by atoms with Crippen LogP contribution in [0.2, 0.25) is 5.02 Å². The molecule has 1 N–H and O–H groups in total. The summed E-state index contributed by atoms with van der Waals surface area (Å²) in [6.07, 6.45) is -0.527. The van der Waals surface area contributed by atoms with Gasteiger partial charge < -0.3 is 10.1 Å². The van der Waals surface area contributed by atoms with Crippen LogP contribution >= 0.6 is 23.4 Å². The van der Waals surface area contributed by atoms with E-state index >= 15 is 0 Å². The van der Waals surface area contributed by atoms with Gasteiger partial charge in [-0.1, -0.05) is 17.7 Å². The van der Waals surface area contributed by atoms with Gasteiger partial charge in [-0.3, -0.25) is 4.79 Å². The minimum absolute atomic E-state index is 0.102. The van der Waals surface area contributed by atoms with Crippen LogP contribution in [0.1, 0.15) is 23.6 Å². The van der Waals surface area contributed by atoms with Gasteiger partial charge in [0.05, 0.1) is 0 Å². The number of amides is 1. The standard InChI is InChI=1S/C20H24ClNO2S/c1-13-11-14(2)15(3)19(12-13)24-16(4)20(23)22-9-10-25-18-7-5-17(21)6-8-18/h5-8,11-12,16H,9-10H2,1-4H3,(H,22,23)/t16-/m1/s1. The van der Waals surface area contributed by atoms with Crippen molar-refractivity contribution in [2.45, 2.75) is 38.7 Å². The Morgan fingerprint density at radius 1 is 1.20 bits per heavy atom. The molecular formula is C20H24ClNO2S. The average Bonchev–Trinajstić information content (AvgIpc) is 2.57. The molecule has 25 heavy (non-hydrogen) atoms. The lowest BCUT2D eigenvalue weighted by Gasteiger charge is -2.18. The zero-order chi connectivity index (χ0) is 18.4. The predicted octanol–water partition coefficient (Wildman–Crippen LogP) is 4.94. The fraction of sp³-hybridized carbons (Fsp3) is 0.350. The van der Waals surface area contributed by atoms with Gasteiger partial charge in [0, 0.05) is 22.2 Å². The highest BCUT2D eigenvalue weighted by Gasteiger charge is 2.16. The summed E-state index contributed by atoms with van der Waals surface area (Å²) in [5, 5.41) is 3.65. The van der Waals surface area contributed by atoms with Crippen LogP contribution in [0.4, 0.5) is 0 Å². The molecule has 134 valence electrons. The van der Waals surface area contributed by atoms with Crippen LogP contribution < -0.4 is 10.1 Å². The maximum absolute atomic E-state index is 12.2. The van der Waals surface area contributed by atoms with Crippen LogP contribution in [0.3, 0.4) is 0 Å². The molecule has 3 nitrogen and oxygen atoms in total. The van der Waals surface area contributed by atoms with Crippen molar-refractivity contribution in [1.29, 1.82) is 0 Å². The molecule has 0 spiro atoms. The highest BCUT2D eigenvalue weighted by Crippen LogP contribution is 2.24. The lowest BCUT2D eigenvalue weighted by Crippen LogP contribution is -2.37. The molecule has 0 heterocycles. The first-order chi connectivity index (χ1) is 11.9. The molecule has 0 aliphatic carbocycles. The third-order valence-corrected chi connectivity index (χ3v) is 5.19. The molecule has 0 aromatic heterocycles. The van der Waals surface area contributed by atoms with Crippen molar-refractivity contribution in [2.24, 2.45) is 0 Å². The van der Waals surface area contributed by atoms with Gasteiger partial charge in [-0.2, -0.15) is 0 Å². The molecule has 0 radical (unpaired) electrons. The summed E-state index contributed by atoms with van der Waals surface area (Å²) in [6.45, 7) is 8.45. The molecule has 0 aliphatic heterocycles. The third-order valence-electron chi connectivity index (χ3n) is 3.92. The van der Waals surface area contributed by atoms with Gasteiger partial charge in [-0.05, 0) is 74.7 Å². The van der Waals surface area contributed by atoms with Crippen molar-refractivity contribution in [3.63, 3.8) is 0 Å². The second-order valence-electron chi connectivity index (χ2n) is 6.06. The normalized spacial score (nSPS) is 11.9. The molecule has 0 saturated heterocycles. The summed E-state index contributed by atoms with van der Waals surface area (Å²) >= 11 is 7.55. The van der Waals surface area contributed by atoms with Gasteiger partial charge in [0.2, 0.25) is 0 Å². The Morgan fingerprint density at radius 3 is 2.56 bits per heavy atom. The molecule has 1 amide bonds. The van der Waals surface area contributed by atoms with Crippen molar-refractivity contribution in [1.82, 2.24) is 5.32 Å². The van der Waals surface area contributed by atoms with Gasteiger partial charge in [-0.15, -0.1) is 11.8 Å². The van der Waals surface area contributed by atoms with Crippen LogP contribution in [-0.4, -0.2) is 24.3 Å². The smallest absolute Gasteiger partial charge is 0.260 e. The molecule has 2 aromatic carbocycles. The monoisotopic (exact) mass is 377 g/mol. The minimum Gasteiger partial charge on any atom is -0.481 e. The van der Waals surface area contributed by atoms with Crippen molar-refractivity contribution < 1.29 is 9.53 Å². The second-order valence-corrected chi connectivity index (χ2v) is 7.66. The van der Waals surface area contributed by atoms with E-state index in [4.69, 9.17) is 16.3 Å². The summed E-state index contributed by atoms with van der Waals surface area (Å²) in [4.78, 5) is 13.4. The van der Waals surface area contributed by atoms with E-state index in [-0.39, 0.29) is 5.91 Å². The molecule has 2 aromatic rings. The Kier molecular flexibility index (Phi) is 7.21. The molecule has 5 heteroatoms. The predicted molar refractivity (Wildman–Crippen MR) is 106 cm³/mol. The maximum atomic E-state index is 12.2. The third kappa shape index (κ3) is 5.98. The van der Waals surface area contributed by atoms with E-state index in [2.05, 4.69) is 11.4 Å². The SMILES string of the molecule is Cc1cc(C)c(C)c(O[C@H](C)C(=O)NCCSc2ccc(Cl)cc2)c1. The first kappa shape index (κ1) is 19.7. The summed E-state index contributed by atoms with van der Waals surface area (Å²) in [6, 6.07) is 11.8. The first-order valence-electron chi connectivity index (χ1n) is 8.27.